The number of halogens is 1. The molecule has 1 N–H and O–H groups in total. The van der Waals surface area contributed by atoms with Gasteiger partial charge in [0.1, 0.15) is 17.1 Å². The molecule has 0 radical (unpaired) electrons. The molecule has 4 rings (SSSR count). The minimum atomic E-state index is -3.60. The van der Waals surface area contributed by atoms with Gasteiger partial charge in [-0.25, -0.2) is 27.2 Å². The second kappa shape index (κ2) is 8.56. The molecular formula is C20H18FN5O3S. The number of hydrogen-bond donors (Lipinski definition) is 1. The molecule has 8 nitrogen and oxygen atoms in total. The van der Waals surface area contributed by atoms with Crippen LogP contribution in [0, 0.1) is 5.82 Å². The molecule has 2 aromatic heterocycles. The zero-order valence-corrected chi connectivity index (χ0v) is 16.6. The Bertz CT molecular complexity index is 1280. The molecule has 0 unspecified atom stereocenters. The zero-order chi connectivity index (χ0) is 21.0. The summed E-state index contributed by atoms with van der Waals surface area (Å²) in [5.41, 5.74) is 2.00. The van der Waals surface area contributed by atoms with Crippen LogP contribution in [0.3, 0.4) is 0 Å². The summed E-state index contributed by atoms with van der Waals surface area (Å²) in [4.78, 5) is 4.12. The number of nitrogens with one attached hydrogen (secondary N) is 1. The summed E-state index contributed by atoms with van der Waals surface area (Å²) in [7, 11) is -3.60. The van der Waals surface area contributed by atoms with Crippen molar-refractivity contribution in [2.45, 2.75) is 13.1 Å². The standard InChI is InChI=1S/C20H18FN5O3S/c21-16-6-3-7-17(13-16)29-20-15(5-4-10-22-20)14-23-30(27,28)12-11-26-19-9-2-1-8-18(19)24-25-26/h1-10,13,23H,11-12,14H2. The lowest BCUT2D eigenvalue weighted by Gasteiger charge is -2.11. The summed E-state index contributed by atoms with van der Waals surface area (Å²) < 4.78 is 48.0. The Labute approximate surface area is 172 Å². The number of ether oxygens (including phenoxy) is 1. The fourth-order valence-corrected chi connectivity index (χ4v) is 3.77. The van der Waals surface area contributed by atoms with E-state index in [0.717, 1.165) is 5.52 Å². The maximum Gasteiger partial charge on any atom is 0.223 e. The molecule has 0 saturated heterocycles. The largest absolute Gasteiger partial charge is 0.439 e. The topological polar surface area (TPSA) is 99.0 Å². The van der Waals surface area contributed by atoms with Gasteiger partial charge < -0.3 is 4.74 Å². The van der Waals surface area contributed by atoms with E-state index in [-0.39, 0.29) is 30.5 Å². The average Bonchev–Trinajstić information content (AvgIpc) is 3.15. The Balaban J connectivity index is 1.41. The molecule has 30 heavy (non-hydrogen) atoms. The highest BCUT2D eigenvalue weighted by molar-refractivity contribution is 7.89. The van der Waals surface area contributed by atoms with Crippen molar-refractivity contribution in [3.63, 3.8) is 0 Å². The minimum absolute atomic E-state index is 0.0150. The van der Waals surface area contributed by atoms with Crippen LogP contribution >= 0.6 is 0 Å². The number of sulfonamides is 1. The molecule has 4 aromatic rings. The molecule has 0 saturated carbocycles. The van der Waals surface area contributed by atoms with E-state index >= 15 is 0 Å². The van der Waals surface area contributed by atoms with Gasteiger partial charge in [-0.1, -0.05) is 29.5 Å². The summed E-state index contributed by atoms with van der Waals surface area (Å²) in [5.74, 6) is -0.129. The summed E-state index contributed by atoms with van der Waals surface area (Å²) in [6.07, 6.45) is 1.52. The number of pyridine rings is 1. The highest BCUT2D eigenvalue weighted by Crippen LogP contribution is 2.23. The normalized spacial score (nSPS) is 11.6. The molecule has 0 fully saturated rings. The molecule has 2 aromatic carbocycles. The van der Waals surface area contributed by atoms with E-state index in [1.807, 2.05) is 24.3 Å². The van der Waals surface area contributed by atoms with Gasteiger partial charge in [0, 0.05) is 24.4 Å². The number of aromatic nitrogens is 4. The highest BCUT2D eigenvalue weighted by Gasteiger charge is 2.15. The molecular weight excluding hydrogens is 409 g/mol. The van der Waals surface area contributed by atoms with Gasteiger partial charge in [-0.15, -0.1) is 5.10 Å². The molecule has 0 spiro atoms. The maximum absolute atomic E-state index is 13.4. The van der Waals surface area contributed by atoms with Gasteiger partial charge in [0.05, 0.1) is 17.8 Å². The first-order valence-electron chi connectivity index (χ1n) is 9.13. The van der Waals surface area contributed by atoms with Gasteiger partial charge >= 0.3 is 0 Å². The lowest BCUT2D eigenvalue weighted by atomic mass is 10.3. The van der Waals surface area contributed by atoms with Crippen LogP contribution in [0.25, 0.3) is 11.0 Å². The molecule has 0 aliphatic heterocycles. The van der Waals surface area contributed by atoms with Crippen molar-refractivity contribution in [3.8, 4) is 11.6 Å². The Morgan fingerprint density at radius 3 is 2.80 bits per heavy atom. The van der Waals surface area contributed by atoms with Gasteiger partial charge in [0.25, 0.3) is 0 Å². The second-order valence-corrected chi connectivity index (χ2v) is 8.39. The summed E-state index contributed by atoms with van der Waals surface area (Å²) in [6.45, 7) is 0.147. The molecule has 0 bridgehead atoms. The lowest BCUT2D eigenvalue weighted by Crippen LogP contribution is -2.28. The van der Waals surface area contributed by atoms with Gasteiger partial charge in [0.2, 0.25) is 15.9 Å². The van der Waals surface area contributed by atoms with Crippen LogP contribution in [-0.4, -0.2) is 34.1 Å². The Hall–Kier alpha value is -3.37. The van der Waals surface area contributed by atoms with E-state index < -0.39 is 15.8 Å². The van der Waals surface area contributed by atoms with Crippen LogP contribution in [0.15, 0.2) is 66.9 Å². The molecule has 0 atom stereocenters. The number of aryl methyl sites for hydroxylation is 1. The molecule has 10 heteroatoms. The third-order valence-corrected chi connectivity index (χ3v) is 5.64. The van der Waals surface area contributed by atoms with Gasteiger partial charge in [-0.3, -0.25) is 0 Å². The smallest absolute Gasteiger partial charge is 0.223 e. The molecule has 154 valence electrons. The Kier molecular flexibility index (Phi) is 5.68. The SMILES string of the molecule is O=S(=O)(CCn1nnc2ccccc21)NCc1cccnc1Oc1cccc(F)c1. The zero-order valence-electron chi connectivity index (χ0n) is 15.8. The summed E-state index contributed by atoms with van der Waals surface area (Å²) >= 11 is 0. The lowest BCUT2D eigenvalue weighted by molar-refractivity contribution is 0.451. The van der Waals surface area contributed by atoms with Crippen molar-refractivity contribution in [1.82, 2.24) is 24.7 Å². The quantitative estimate of drug-likeness (QED) is 0.464. The summed E-state index contributed by atoms with van der Waals surface area (Å²) in [6, 6.07) is 16.3. The van der Waals surface area contributed by atoms with Crippen molar-refractivity contribution in [2.75, 3.05) is 5.75 Å². The van der Waals surface area contributed by atoms with E-state index in [9.17, 15) is 12.8 Å². The first-order valence-corrected chi connectivity index (χ1v) is 10.8. The van der Waals surface area contributed by atoms with Crippen molar-refractivity contribution in [2.24, 2.45) is 0 Å². The average molecular weight is 427 g/mol. The third-order valence-electron chi connectivity index (χ3n) is 4.34. The fourth-order valence-electron chi connectivity index (χ4n) is 2.84. The predicted molar refractivity (Wildman–Crippen MR) is 109 cm³/mol. The minimum Gasteiger partial charge on any atom is -0.439 e. The van der Waals surface area contributed by atoms with Crippen molar-refractivity contribution in [3.05, 3.63) is 78.2 Å². The van der Waals surface area contributed by atoms with E-state index in [0.29, 0.717) is 11.1 Å². The summed E-state index contributed by atoms with van der Waals surface area (Å²) in [5, 5.41) is 8.02. The Morgan fingerprint density at radius 2 is 1.93 bits per heavy atom. The van der Waals surface area contributed by atoms with E-state index in [2.05, 4.69) is 20.0 Å². The van der Waals surface area contributed by atoms with Gasteiger partial charge in [-0.2, -0.15) is 0 Å². The van der Waals surface area contributed by atoms with E-state index in [1.54, 1.807) is 22.9 Å². The van der Waals surface area contributed by atoms with Crippen LogP contribution in [-0.2, 0) is 23.1 Å². The fraction of sp³-hybridized carbons (Fsp3) is 0.150. The predicted octanol–water partition coefficient (Wildman–Crippen LogP) is 2.88. The third kappa shape index (κ3) is 4.78. The van der Waals surface area contributed by atoms with E-state index in [1.165, 1.54) is 24.4 Å². The van der Waals surface area contributed by atoms with Crippen LogP contribution in [0.5, 0.6) is 11.6 Å². The second-order valence-electron chi connectivity index (χ2n) is 6.47. The Morgan fingerprint density at radius 1 is 1.07 bits per heavy atom. The molecule has 0 aliphatic carbocycles. The van der Waals surface area contributed by atoms with Gasteiger partial charge in [-0.05, 0) is 30.3 Å². The van der Waals surface area contributed by atoms with Gasteiger partial charge in [0.15, 0.2) is 0 Å². The van der Waals surface area contributed by atoms with Crippen LogP contribution in [0.1, 0.15) is 5.56 Å². The van der Waals surface area contributed by atoms with Crippen molar-refractivity contribution in [1.29, 1.82) is 0 Å². The number of fused-ring (bicyclic) bond motifs is 1. The maximum atomic E-state index is 13.4. The first kappa shape index (κ1) is 19.9. The number of hydrogen-bond acceptors (Lipinski definition) is 6. The van der Waals surface area contributed by atoms with Crippen LogP contribution in [0.2, 0.25) is 0 Å². The number of benzene rings is 2. The van der Waals surface area contributed by atoms with Crippen molar-refractivity contribution < 1.29 is 17.5 Å². The molecule has 0 amide bonds. The van der Waals surface area contributed by atoms with Crippen LogP contribution in [0.4, 0.5) is 4.39 Å². The van der Waals surface area contributed by atoms with Crippen molar-refractivity contribution >= 4 is 21.1 Å². The van der Waals surface area contributed by atoms with Crippen LogP contribution < -0.4 is 9.46 Å². The highest BCUT2D eigenvalue weighted by atomic mass is 32.2. The molecule has 0 aliphatic rings. The van der Waals surface area contributed by atoms with E-state index in [4.69, 9.17) is 4.74 Å². The number of nitrogens with zero attached hydrogens (tertiary/aromatic N) is 4. The molecule has 2 heterocycles. The monoisotopic (exact) mass is 427 g/mol. The number of rotatable bonds is 8. The number of para-hydroxylation sites is 1. The first-order chi connectivity index (χ1) is 14.5.